The number of nitrogens with zero attached hydrogens (tertiary/aromatic N) is 2. The van der Waals surface area contributed by atoms with Gasteiger partial charge in [0.15, 0.2) is 0 Å². The Hall–Kier alpha value is -0.490. The molecule has 5 heteroatoms. The summed E-state index contributed by atoms with van der Waals surface area (Å²) in [6, 6.07) is 0. The predicted molar refractivity (Wildman–Crippen MR) is 77.3 cm³/mol. The number of hydrogen-bond acceptors (Lipinski definition) is 5. The van der Waals surface area contributed by atoms with Gasteiger partial charge in [0.1, 0.15) is 5.01 Å². The lowest BCUT2D eigenvalue weighted by Gasteiger charge is -2.41. The maximum Gasteiger partial charge on any atom is 0.107 e. The van der Waals surface area contributed by atoms with Crippen LogP contribution in [0.2, 0.25) is 0 Å². The van der Waals surface area contributed by atoms with Crippen molar-refractivity contribution < 1.29 is 9.84 Å². The van der Waals surface area contributed by atoms with E-state index in [1.165, 1.54) is 11.4 Å². The number of likely N-dealkylation sites (tertiary alicyclic amines) is 1. The van der Waals surface area contributed by atoms with Gasteiger partial charge in [0, 0.05) is 43.9 Å². The van der Waals surface area contributed by atoms with Crippen molar-refractivity contribution in [3.05, 3.63) is 16.6 Å². The molecule has 0 amide bonds. The van der Waals surface area contributed by atoms with E-state index in [1.807, 2.05) is 11.6 Å². The number of rotatable bonds is 7. The van der Waals surface area contributed by atoms with Gasteiger partial charge in [0.05, 0.1) is 6.54 Å². The summed E-state index contributed by atoms with van der Waals surface area (Å²) in [6.07, 6.45) is 6.23. The highest BCUT2D eigenvalue weighted by molar-refractivity contribution is 7.09. The topological polar surface area (TPSA) is 45.6 Å². The van der Waals surface area contributed by atoms with E-state index in [0.717, 1.165) is 45.5 Å². The Morgan fingerprint density at radius 1 is 1.58 bits per heavy atom. The van der Waals surface area contributed by atoms with E-state index in [4.69, 9.17) is 4.74 Å². The number of methoxy groups -OCH3 is 1. The Balaban J connectivity index is 1.89. The first-order valence-corrected chi connectivity index (χ1v) is 7.86. The van der Waals surface area contributed by atoms with Gasteiger partial charge in [0.2, 0.25) is 0 Å². The maximum absolute atomic E-state index is 9.80. The van der Waals surface area contributed by atoms with E-state index in [1.54, 1.807) is 18.4 Å². The number of thiazole rings is 1. The van der Waals surface area contributed by atoms with Crippen LogP contribution in [-0.2, 0) is 11.3 Å². The molecular formula is C14H24N2O2S. The largest absolute Gasteiger partial charge is 0.396 e. The second-order valence-electron chi connectivity index (χ2n) is 5.49. The molecule has 0 aliphatic carbocycles. The molecule has 1 aromatic heterocycles. The van der Waals surface area contributed by atoms with E-state index >= 15 is 0 Å². The zero-order chi connectivity index (χ0) is 13.6. The average Bonchev–Trinajstić information content (AvgIpc) is 2.92. The zero-order valence-corrected chi connectivity index (χ0v) is 12.5. The van der Waals surface area contributed by atoms with Gasteiger partial charge in [-0.25, -0.2) is 4.98 Å². The number of aromatic nitrogens is 1. The van der Waals surface area contributed by atoms with Crippen molar-refractivity contribution in [2.24, 2.45) is 5.41 Å². The van der Waals surface area contributed by atoms with Crippen LogP contribution in [0.15, 0.2) is 11.6 Å². The number of aliphatic hydroxyl groups excluding tert-OH is 1. The highest BCUT2D eigenvalue weighted by Crippen LogP contribution is 2.34. The molecule has 1 atom stereocenters. The fourth-order valence-corrected chi connectivity index (χ4v) is 3.63. The maximum atomic E-state index is 9.80. The summed E-state index contributed by atoms with van der Waals surface area (Å²) in [4.78, 5) is 6.79. The third-order valence-corrected chi connectivity index (χ3v) is 4.74. The molecule has 0 saturated carbocycles. The minimum atomic E-state index is 0.0635. The lowest BCUT2D eigenvalue weighted by molar-refractivity contribution is 0.0158. The van der Waals surface area contributed by atoms with Crippen molar-refractivity contribution >= 4 is 11.3 Å². The first kappa shape index (κ1) is 14.9. The van der Waals surface area contributed by atoms with Gasteiger partial charge in [0.25, 0.3) is 0 Å². The Kier molecular flexibility index (Phi) is 5.76. The molecule has 1 unspecified atom stereocenters. The Labute approximate surface area is 119 Å². The molecule has 1 N–H and O–H groups in total. The summed E-state index contributed by atoms with van der Waals surface area (Å²) >= 11 is 1.71. The van der Waals surface area contributed by atoms with Crippen LogP contribution < -0.4 is 0 Å². The molecule has 1 aliphatic rings. The van der Waals surface area contributed by atoms with E-state index in [2.05, 4.69) is 9.88 Å². The summed E-state index contributed by atoms with van der Waals surface area (Å²) in [7, 11) is 1.74. The van der Waals surface area contributed by atoms with Gasteiger partial charge in [-0.1, -0.05) is 0 Å². The molecule has 19 heavy (non-hydrogen) atoms. The number of piperidine rings is 1. The fourth-order valence-electron chi connectivity index (χ4n) is 2.97. The molecule has 0 bridgehead atoms. The number of hydrogen-bond donors (Lipinski definition) is 1. The predicted octanol–water partition coefficient (Wildman–Crippen LogP) is 2.14. The quantitative estimate of drug-likeness (QED) is 0.779. The van der Waals surface area contributed by atoms with Crippen LogP contribution in [0.4, 0.5) is 0 Å². The van der Waals surface area contributed by atoms with E-state index < -0.39 is 0 Å². The third kappa shape index (κ3) is 4.24. The van der Waals surface area contributed by atoms with Gasteiger partial charge in [-0.2, -0.15) is 0 Å². The van der Waals surface area contributed by atoms with Crippen LogP contribution in [0.25, 0.3) is 0 Å². The molecule has 1 fully saturated rings. The molecule has 4 nitrogen and oxygen atoms in total. The van der Waals surface area contributed by atoms with Gasteiger partial charge in [-0.05, 0) is 32.2 Å². The zero-order valence-electron chi connectivity index (χ0n) is 11.7. The molecule has 0 aromatic carbocycles. The van der Waals surface area contributed by atoms with E-state index in [-0.39, 0.29) is 12.0 Å². The van der Waals surface area contributed by atoms with Crippen molar-refractivity contribution in [3.8, 4) is 0 Å². The lowest BCUT2D eigenvalue weighted by atomic mass is 9.77. The first-order chi connectivity index (χ1) is 9.28. The smallest absolute Gasteiger partial charge is 0.107 e. The van der Waals surface area contributed by atoms with Crippen molar-refractivity contribution in [1.82, 2.24) is 9.88 Å². The third-order valence-electron chi connectivity index (χ3n) is 3.97. The van der Waals surface area contributed by atoms with Crippen LogP contribution in [-0.4, -0.2) is 48.4 Å². The summed E-state index contributed by atoms with van der Waals surface area (Å²) in [6.45, 7) is 4.08. The summed E-state index contributed by atoms with van der Waals surface area (Å²) in [5, 5.41) is 13.0. The minimum Gasteiger partial charge on any atom is -0.396 e. The van der Waals surface area contributed by atoms with E-state index in [9.17, 15) is 5.11 Å². The lowest BCUT2D eigenvalue weighted by Crippen LogP contribution is -2.45. The molecular weight excluding hydrogens is 260 g/mol. The van der Waals surface area contributed by atoms with Crippen molar-refractivity contribution in [3.63, 3.8) is 0 Å². The Morgan fingerprint density at radius 3 is 3.16 bits per heavy atom. The van der Waals surface area contributed by atoms with Crippen molar-refractivity contribution in [2.75, 3.05) is 33.4 Å². The fraction of sp³-hybridized carbons (Fsp3) is 0.786. The normalized spacial score (nSPS) is 24.7. The molecule has 108 valence electrons. The molecule has 2 rings (SSSR count). The summed E-state index contributed by atoms with van der Waals surface area (Å²) in [5.41, 5.74) is 0.0635. The van der Waals surface area contributed by atoms with Gasteiger partial charge >= 0.3 is 0 Å². The van der Waals surface area contributed by atoms with Crippen LogP contribution in [0.5, 0.6) is 0 Å². The SMILES string of the molecule is COCCCC1(CO)CCCN(Cc2nccs2)C1. The Bertz CT molecular complexity index is 358. The average molecular weight is 284 g/mol. The van der Waals surface area contributed by atoms with E-state index in [0.29, 0.717) is 0 Å². The monoisotopic (exact) mass is 284 g/mol. The van der Waals surface area contributed by atoms with Crippen LogP contribution in [0.3, 0.4) is 0 Å². The number of ether oxygens (including phenoxy) is 1. The van der Waals surface area contributed by atoms with Crippen LogP contribution in [0, 0.1) is 5.41 Å². The standard InChI is InChI=1S/C14H24N2O2S/c1-18-8-3-5-14(12-17)4-2-7-16(11-14)10-13-15-6-9-19-13/h6,9,17H,2-5,7-8,10-12H2,1H3. The van der Waals surface area contributed by atoms with Gasteiger partial charge in [-0.3, -0.25) is 4.90 Å². The second-order valence-corrected chi connectivity index (χ2v) is 6.47. The van der Waals surface area contributed by atoms with Gasteiger partial charge < -0.3 is 9.84 Å². The second kappa shape index (κ2) is 7.33. The van der Waals surface area contributed by atoms with Crippen LogP contribution >= 0.6 is 11.3 Å². The van der Waals surface area contributed by atoms with Crippen molar-refractivity contribution in [2.45, 2.75) is 32.2 Å². The highest BCUT2D eigenvalue weighted by Gasteiger charge is 2.34. The molecule has 1 saturated heterocycles. The minimum absolute atomic E-state index is 0.0635. The Morgan fingerprint density at radius 2 is 2.47 bits per heavy atom. The first-order valence-electron chi connectivity index (χ1n) is 6.98. The molecule has 0 spiro atoms. The number of aliphatic hydroxyl groups is 1. The van der Waals surface area contributed by atoms with Gasteiger partial charge in [-0.15, -0.1) is 11.3 Å². The molecule has 0 radical (unpaired) electrons. The summed E-state index contributed by atoms with van der Waals surface area (Å²) < 4.78 is 5.13. The van der Waals surface area contributed by atoms with Crippen LogP contribution in [0.1, 0.15) is 30.7 Å². The molecule has 1 aromatic rings. The van der Waals surface area contributed by atoms with Crippen molar-refractivity contribution in [1.29, 1.82) is 0 Å². The highest BCUT2D eigenvalue weighted by atomic mass is 32.1. The molecule has 1 aliphatic heterocycles. The summed E-state index contributed by atoms with van der Waals surface area (Å²) in [5.74, 6) is 0. The molecule has 2 heterocycles.